The van der Waals surface area contributed by atoms with E-state index in [4.69, 9.17) is 25.5 Å². The number of rotatable bonds is 6. The Kier molecular flexibility index (Phi) is 4.87. The topological polar surface area (TPSA) is 65.7 Å². The van der Waals surface area contributed by atoms with Gasteiger partial charge < -0.3 is 13.9 Å². The molecule has 0 unspecified atom stereocenters. The van der Waals surface area contributed by atoms with Crippen LogP contribution in [0.3, 0.4) is 0 Å². The van der Waals surface area contributed by atoms with Crippen LogP contribution in [0.25, 0.3) is 11.0 Å². The maximum atomic E-state index is 12.0. The first-order valence-electron chi connectivity index (χ1n) is 7.05. The molecule has 0 atom stereocenters. The molecule has 0 saturated carbocycles. The van der Waals surface area contributed by atoms with Crippen LogP contribution in [-0.4, -0.2) is 25.5 Å². The van der Waals surface area contributed by atoms with Gasteiger partial charge in [-0.1, -0.05) is 11.6 Å². The highest BCUT2D eigenvalue weighted by Crippen LogP contribution is 2.26. The molecule has 7 heteroatoms. The predicted molar refractivity (Wildman–Crippen MR) is 91.1 cm³/mol. The highest BCUT2D eigenvalue weighted by molar-refractivity contribution is 7.18. The Morgan fingerprint density at radius 1 is 1.25 bits per heavy atom. The van der Waals surface area contributed by atoms with Crippen molar-refractivity contribution in [1.29, 1.82) is 0 Å². The van der Waals surface area contributed by atoms with Gasteiger partial charge in [-0.05, 0) is 24.3 Å². The van der Waals surface area contributed by atoms with Crippen molar-refractivity contribution in [1.82, 2.24) is 0 Å². The number of furan rings is 1. The number of ketones is 1. The molecular formula is C17H13ClO5S. The van der Waals surface area contributed by atoms with Gasteiger partial charge in [-0.3, -0.25) is 9.59 Å². The molecule has 0 aliphatic heterocycles. The number of thiophene rings is 1. The summed E-state index contributed by atoms with van der Waals surface area (Å²) in [7, 11) is 1.57. The van der Waals surface area contributed by atoms with Crippen LogP contribution < -0.4 is 4.74 Å². The van der Waals surface area contributed by atoms with Crippen molar-refractivity contribution in [3.05, 3.63) is 51.4 Å². The van der Waals surface area contributed by atoms with E-state index in [1.165, 1.54) is 6.26 Å². The fourth-order valence-electron chi connectivity index (χ4n) is 2.22. The minimum atomic E-state index is -0.496. The summed E-state index contributed by atoms with van der Waals surface area (Å²) >= 11 is 6.93. The first-order valence-corrected chi connectivity index (χ1v) is 8.24. The van der Waals surface area contributed by atoms with Crippen LogP contribution in [0.1, 0.15) is 15.2 Å². The number of carbonyl (C=O) groups is 2. The second-order valence-corrected chi connectivity index (χ2v) is 6.70. The molecule has 0 amide bonds. The lowest BCUT2D eigenvalue weighted by atomic mass is 10.1. The van der Waals surface area contributed by atoms with Crippen LogP contribution >= 0.6 is 22.9 Å². The summed E-state index contributed by atoms with van der Waals surface area (Å²) in [4.78, 5) is 24.3. The molecule has 1 aromatic carbocycles. The summed E-state index contributed by atoms with van der Waals surface area (Å²) in [5.74, 6) is -0.0993. The first-order chi connectivity index (χ1) is 11.6. The minimum Gasteiger partial charge on any atom is -0.497 e. The number of Topliss-reactive ketones (excluding diaryl/α,β-unsaturated/α-hetero) is 1. The van der Waals surface area contributed by atoms with Gasteiger partial charge in [-0.25, -0.2) is 0 Å². The molecule has 0 spiro atoms. The summed E-state index contributed by atoms with van der Waals surface area (Å²) in [6, 6.07) is 8.59. The number of esters is 1. The molecule has 24 heavy (non-hydrogen) atoms. The van der Waals surface area contributed by atoms with Gasteiger partial charge in [0, 0.05) is 17.0 Å². The number of halogens is 1. The average Bonchev–Trinajstić information content (AvgIpc) is 3.19. The minimum absolute atomic E-state index is 0.0256. The predicted octanol–water partition coefficient (Wildman–Crippen LogP) is 4.12. The maximum absolute atomic E-state index is 12.0. The van der Waals surface area contributed by atoms with Crippen molar-refractivity contribution in [2.24, 2.45) is 0 Å². The van der Waals surface area contributed by atoms with Crippen LogP contribution in [0.2, 0.25) is 4.34 Å². The number of ether oxygens (including phenoxy) is 2. The molecule has 124 valence electrons. The maximum Gasteiger partial charge on any atom is 0.310 e. The van der Waals surface area contributed by atoms with Gasteiger partial charge in [0.05, 0.1) is 29.0 Å². The number of methoxy groups -OCH3 is 1. The van der Waals surface area contributed by atoms with E-state index in [1.807, 2.05) is 6.07 Å². The normalized spacial score (nSPS) is 10.8. The Labute approximate surface area is 146 Å². The molecule has 0 fully saturated rings. The Bertz CT molecular complexity index is 895. The Morgan fingerprint density at radius 3 is 2.79 bits per heavy atom. The van der Waals surface area contributed by atoms with Gasteiger partial charge in [0.25, 0.3) is 0 Å². The van der Waals surface area contributed by atoms with Gasteiger partial charge in [-0.15, -0.1) is 11.3 Å². The van der Waals surface area contributed by atoms with Crippen LogP contribution in [0.4, 0.5) is 0 Å². The second kappa shape index (κ2) is 7.07. The van der Waals surface area contributed by atoms with E-state index in [1.54, 1.807) is 31.4 Å². The lowest BCUT2D eigenvalue weighted by molar-refractivity contribution is -0.141. The van der Waals surface area contributed by atoms with Crippen molar-refractivity contribution in [2.45, 2.75) is 6.42 Å². The summed E-state index contributed by atoms with van der Waals surface area (Å²) in [5.41, 5.74) is 1.32. The van der Waals surface area contributed by atoms with E-state index in [2.05, 4.69) is 0 Å². The molecule has 2 heterocycles. The van der Waals surface area contributed by atoms with Crippen LogP contribution in [0.15, 0.2) is 41.0 Å². The van der Waals surface area contributed by atoms with Gasteiger partial charge in [0.2, 0.25) is 5.78 Å². The molecule has 0 bridgehead atoms. The third-order valence-electron chi connectivity index (χ3n) is 3.41. The van der Waals surface area contributed by atoms with E-state index in [0.29, 0.717) is 26.1 Å². The number of hydrogen-bond acceptors (Lipinski definition) is 6. The fourth-order valence-corrected chi connectivity index (χ4v) is 3.18. The van der Waals surface area contributed by atoms with Crippen molar-refractivity contribution in [2.75, 3.05) is 13.7 Å². The highest BCUT2D eigenvalue weighted by Gasteiger charge is 2.15. The zero-order valence-corrected chi connectivity index (χ0v) is 14.3. The number of fused-ring (bicyclic) bond motifs is 1. The molecule has 2 aromatic heterocycles. The molecule has 0 radical (unpaired) electrons. The number of hydrogen-bond donors (Lipinski definition) is 0. The third-order valence-corrected chi connectivity index (χ3v) is 4.68. The quantitative estimate of drug-likeness (QED) is 0.486. The van der Waals surface area contributed by atoms with Gasteiger partial charge in [0.15, 0.2) is 6.61 Å². The van der Waals surface area contributed by atoms with Gasteiger partial charge >= 0.3 is 5.97 Å². The van der Waals surface area contributed by atoms with E-state index in [9.17, 15) is 9.59 Å². The largest absolute Gasteiger partial charge is 0.497 e. The molecule has 0 aliphatic rings. The molecule has 0 aliphatic carbocycles. The summed E-state index contributed by atoms with van der Waals surface area (Å²) in [6.45, 7) is -0.306. The van der Waals surface area contributed by atoms with E-state index >= 15 is 0 Å². The summed E-state index contributed by atoms with van der Waals surface area (Å²) in [5, 5.41) is 0.809. The molecule has 3 rings (SSSR count). The fraction of sp³-hybridized carbons (Fsp3) is 0.176. The van der Waals surface area contributed by atoms with Crippen molar-refractivity contribution in [3.8, 4) is 5.75 Å². The highest BCUT2D eigenvalue weighted by atomic mass is 35.5. The van der Waals surface area contributed by atoms with Crippen molar-refractivity contribution >= 4 is 45.7 Å². The van der Waals surface area contributed by atoms with Crippen molar-refractivity contribution in [3.63, 3.8) is 0 Å². The number of carbonyl (C=O) groups excluding carboxylic acids is 2. The van der Waals surface area contributed by atoms with Gasteiger partial charge in [-0.2, -0.15) is 0 Å². The third kappa shape index (κ3) is 3.60. The Morgan fingerprint density at radius 2 is 2.08 bits per heavy atom. The second-order valence-electron chi connectivity index (χ2n) is 4.99. The van der Waals surface area contributed by atoms with Crippen LogP contribution in [0, 0.1) is 0 Å². The molecule has 5 nitrogen and oxygen atoms in total. The zero-order valence-electron chi connectivity index (χ0n) is 12.7. The molecule has 0 N–H and O–H groups in total. The Hall–Kier alpha value is -2.31. The van der Waals surface area contributed by atoms with E-state index in [0.717, 1.165) is 16.7 Å². The first kappa shape index (κ1) is 16.5. The monoisotopic (exact) mass is 364 g/mol. The smallest absolute Gasteiger partial charge is 0.310 e. The lowest BCUT2D eigenvalue weighted by Gasteiger charge is -2.03. The lowest BCUT2D eigenvalue weighted by Crippen LogP contribution is -2.14. The van der Waals surface area contributed by atoms with E-state index in [-0.39, 0.29) is 18.8 Å². The standard InChI is InChI=1S/C17H13ClO5S/c1-21-11-2-3-12-10(8-22-14(12)7-11)6-17(20)23-9-13(19)15-4-5-16(18)24-15/h2-5,7-8H,6,9H2,1H3. The molecule has 3 aromatic rings. The van der Waals surface area contributed by atoms with Gasteiger partial charge in [0.1, 0.15) is 11.3 Å². The number of benzene rings is 1. The summed E-state index contributed by atoms with van der Waals surface area (Å²) in [6.07, 6.45) is 1.53. The van der Waals surface area contributed by atoms with Crippen LogP contribution in [-0.2, 0) is 16.0 Å². The summed E-state index contributed by atoms with van der Waals surface area (Å²) < 4.78 is 16.1. The zero-order chi connectivity index (χ0) is 17.1. The van der Waals surface area contributed by atoms with Crippen LogP contribution in [0.5, 0.6) is 5.75 Å². The average molecular weight is 365 g/mol. The SMILES string of the molecule is COc1ccc2c(CC(=O)OCC(=O)c3ccc(Cl)s3)coc2c1. The van der Waals surface area contributed by atoms with E-state index < -0.39 is 5.97 Å². The molecular weight excluding hydrogens is 352 g/mol. The Balaban J connectivity index is 1.62. The van der Waals surface area contributed by atoms with Crippen molar-refractivity contribution < 1.29 is 23.5 Å². The molecule has 0 saturated heterocycles.